The van der Waals surface area contributed by atoms with Crippen LogP contribution in [0.15, 0.2) is 35.6 Å². The monoisotopic (exact) mass is 206 g/mol. The van der Waals surface area contributed by atoms with E-state index in [-0.39, 0.29) is 0 Å². The van der Waals surface area contributed by atoms with Gasteiger partial charge in [-0.25, -0.2) is 0 Å². The molecule has 80 valence electrons. The Labute approximate surface area is 81.6 Å². The minimum Gasteiger partial charge on any atom is -0.497 e. The molecule has 0 saturated heterocycles. The molecule has 14 heavy (non-hydrogen) atoms. The smallest absolute Gasteiger partial charge is 0.416 e. The van der Waals surface area contributed by atoms with Crippen molar-refractivity contribution in [1.29, 1.82) is 0 Å². The van der Waals surface area contributed by atoms with Gasteiger partial charge in [-0.15, -0.1) is 0 Å². The second-order valence-electron chi connectivity index (χ2n) is 2.47. The molecule has 0 amide bonds. The predicted octanol–water partition coefficient (Wildman–Crippen LogP) is 3.60. The first-order valence-electron chi connectivity index (χ1n) is 4.07. The summed E-state index contributed by atoms with van der Waals surface area (Å²) in [5.41, 5.74) is -0.686. The van der Waals surface area contributed by atoms with E-state index in [9.17, 15) is 13.2 Å². The molecule has 0 aliphatic rings. The number of methoxy groups -OCH3 is 1. The highest BCUT2D eigenvalue weighted by Crippen LogP contribution is 2.26. The molecule has 1 nitrogen and oxygen atoms in total. The number of alkyl halides is 3. The van der Waals surface area contributed by atoms with Gasteiger partial charge in [0.25, 0.3) is 0 Å². The summed E-state index contributed by atoms with van der Waals surface area (Å²) in [5.74, 6) is 0.397. The van der Waals surface area contributed by atoms with E-state index in [0.717, 1.165) is 12.2 Å². The lowest BCUT2D eigenvalue weighted by atomic mass is 10.2. The third kappa shape index (κ3) is 4.16. The highest BCUT2D eigenvalue weighted by atomic mass is 19.4. The Morgan fingerprint density at radius 3 is 1.93 bits per heavy atom. The SMILES string of the molecule is C/C=C(/C=C\C(=C/C)OC)C(F)(F)F. The number of ether oxygens (including phenoxy) is 1. The Bertz CT molecular complexity index is 259. The Balaban J connectivity index is 4.65. The fraction of sp³-hybridized carbons (Fsp3) is 0.400. The van der Waals surface area contributed by atoms with Gasteiger partial charge in [0.15, 0.2) is 0 Å². The Morgan fingerprint density at radius 2 is 1.64 bits per heavy atom. The van der Waals surface area contributed by atoms with E-state index in [0.29, 0.717) is 5.76 Å². The number of allylic oxidation sites excluding steroid dienone is 5. The molecule has 0 aromatic rings. The second-order valence-corrected chi connectivity index (χ2v) is 2.47. The normalized spacial score (nSPS) is 15.0. The number of rotatable bonds is 3. The van der Waals surface area contributed by atoms with Crippen molar-refractivity contribution in [3.05, 3.63) is 35.6 Å². The zero-order valence-corrected chi connectivity index (χ0v) is 8.35. The zero-order chi connectivity index (χ0) is 11.2. The molecule has 0 heterocycles. The Morgan fingerprint density at radius 1 is 1.07 bits per heavy atom. The molecule has 0 aromatic carbocycles. The summed E-state index contributed by atoms with van der Waals surface area (Å²) in [6.07, 6.45) is 0.555. The van der Waals surface area contributed by atoms with Gasteiger partial charge in [-0.1, -0.05) is 6.08 Å². The van der Waals surface area contributed by atoms with Gasteiger partial charge in [-0.05, 0) is 32.1 Å². The van der Waals surface area contributed by atoms with E-state index >= 15 is 0 Å². The third-order valence-electron chi connectivity index (χ3n) is 1.59. The van der Waals surface area contributed by atoms with Crippen LogP contribution in [-0.4, -0.2) is 13.3 Å². The lowest BCUT2D eigenvalue weighted by molar-refractivity contribution is -0.0883. The molecule has 0 bridgehead atoms. The molecule has 0 spiro atoms. The first kappa shape index (κ1) is 12.8. The number of hydrogen-bond acceptors (Lipinski definition) is 1. The highest BCUT2D eigenvalue weighted by molar-refractivity contribution is 5.27. The molecule has 0 aliphatic carbocycles. The topological polar surface area (TPSA) is 9.23 Å². The molecule has 0 saturated carbocycles. The summed E-state index contributed by atoms with van der Waals surface area (Å²) in [4.78, 5) is 0. The quantitative estimate of drug-likeness (QED) is 0.506. The molecular formula is C10H13F3O. The third-order valence-corrected chi connectivity index (χ3v) is 1.59. The van der Waals surface area contributed by atoms with Gasteiger partial charge in [0, 0.05) is 0 Å². The predicted molar refractivity (Wildman–Crippen MR) is 49.7 cm³/mol. The molecule has 0 rings (SSSR count). The summed E-state index contributed by atoms with van der Waals surface area (Å²) in [6.45, 7) is 3.03. The average Bonchev–Trinajstić information content (AvgIpc) is 2.10. The molecule has 0 fully saturated rings. The van der Waals surface area contributed by atoms with E-state index in [4.69, 9.17) is 4.74 Å². The first-order valence-corrected chi connectivity index (χ1v) is 4.07. The van der Waals surface area contributed by atoms with Crippen molar-refractivity contribution in [2.24, 2.45) is 0 Å². The fourth-order valence-corrected chi connectivity index (χ4v) is 0.808. The van der Waals surface area contributed by atoms with Gasteiger partial charge in [0.1, 0.15) is 5.76 Å². The first-order chi connectivity index (χ1) is 6.45. The summed E-state index contributed by atoms with van der Waals surface area (Å²) in [5, 5.41) is 0. The van der Waals surface area contributed by atoms with Crippen LogP contribution in [0.2, 0.25) is 0 Å². The van der Waals surface area contributed by atoms with Crippen LogP contribution in [0.5, 0.6) is 0 Å². The lowest BCUT2D eigenvalue weighted by Crippen LogP contribution is -2.09. The van der Waals surface area contributed by atoms with E-state index in [1.807, 2.05) is 0 Å². The van der Waals surface area contributed by atoms with Crippen LogP contribution in [0.4, 0.5) is 13.2 Å². The lowest BCUT2D eigenvalue weighted by Gasteiger charge is -2.06. The Hall–Kier alpha value is -1.19. The summed E-state index contributed by atoms with van der Waals surface area (Å²) >= 11 is 0. The van der Waals surface area contributed by atoms with Gasteiger partial charge in [-0.3, -0.25) is 0 Å². The van der Waals surface area contributed by atoms with Gasteiger partial charge in [0.2, 0.25) is 0 Å². The molecule has 4 heteroatoms. The number of hydrogen-bond donors (Lipinski definition) is 0. The zero-order valence-electron chi connectivity index (χ0n) is 8.35. The molecule has 0 radical (unpaired) electrons. The van der Waals surface area contributed by atoms with Crippen molar-refractivity contribution in [3.63, 3.8) is 0 Å². The van der Waals surface area contributed by atoms with Crippen molar-refractivity contribution in [2.45, 2.75) is 20.0 Å². The number of halogens is 3. The van der Waals surface area contributed by atoms with Crippen molar-refractivity contribution < 1.29 is 17.9 Å². The van der Waals surface area contributed by atoms with E-state index < -0.39 is 11.7 Å². The summed E-state index contributed by atoms with van der Waals surface area (Å²) < 4.78 is 41.4. The van der Waals surface area contributed by atoms with Crippen LogP contribution >= 0.6 is 0 Å². The van der Waals surface area contributed by atoms with Crippen LogP contribution in [0.1, 0.15) is 13.8 Å². The van der Waals surface area contributed by atoms with Gasteiger partial charge >= 0.3 is 6.18 Å². The van der Waals surface area contributed by atoms with E-state index in [1.54, 1.807) is 13.0 Å². The highest BCUT2D eigenvalue weighted by Gasteiger charge is 2.30. The van der Waals surface area contributed by atoms with Crippen LogP contribution in [-0.2, 0) is 4.74 Å². The maximum atomic E-state index is 12.2. The maximum absolute atomic E-state index is 12.2. The molecule has 0 atom stereocenters. The summed E-state index contributed by atoms with van der Waals surface area (Å²) in [6, 6.07) is 0. The van der Waals surface area contributed by atoms with E-state index in [1.165, 1.54) is 20.1 Å². The second kappa shape index (κ2) is 5.52. The molecular weight excluding hydrogens is 193 g/mol. The molecule has 0 N–H and O–H groups in total. The maximum Gasteiger partial charge on any atom is 0.416 e. The van der Waals surface area contributed by atoms with E-state index in [2.05, 4.69) is 0 Å². The van der Waals surface area contributed by atoms with Crippen molar-refractivity contribution in [3.8, 4) is 0 Å². The molecule has 0 aliphatic heterocycles. The van der Waals surface area contributed by atoms with Crippen molar-refractivity contribution in [2.75, 3.05) is 7.11 Å². The van der Waals surface area contributed by atoms with Crippen molar-refractivity contribution >= 4 is 0 Å². The van der Waals surface area contributed by atoms with Crippen LogP contribution < -0.4 is 0 Å². The fourth-order valence-electron chi connectivity index (χ4n) is 0.808. The largest absolute Gasteiger partial charge is 0.497 e. The molecule has 0 aromatic heterocycles. The van der Waals surface area contributed by atoms with Gasteiger partial charge in [-0.2, -0.15) is 13.2 Å². The Kier molecular flexibility index (Phi) is 5.05. The van der Waals surface area contributed by atoms with Gasteiger partial charge < -0.3 is 4.74 Å². The molecule has 0 unspecified atom stereocenters. The standard InChI is InChI=1S/C10H13F3O/c1-4-8(10(11,12)13)6-7-9(5-2)14-3/h4-7H,1-3H3/b7-6-,8-4-,9-5+. The minimum atomic E-state index is -4.31. The van der Waals surface area contributed by atoms with Crippen molar-refractivity contribution in [1.82, 2.24) is 0 Å². The minimum absolute atomic E-state index is 0.397. The van der Waals surface area contributed by atoms with Crippen LogP contribution in [0, 0.1) is 0 Å². The van der Waals surface area contributed by atoms with Crippen LogP contribution in [0.25, 0.3) is 0 Å². The van der Waals surface area contributed by atoms with Gasteiger partial charge in [0.05, 0.1) is 12.7 Å². The van der Waals surface area contributed by atoms with Crippen LogP contribution in [0.3, 0.4) is 0 Å². The average molecular weight is 206 g/mol. The summed E-state index contributed by atoms with van der Waals surface area (Å²) in [7, 11) is 1.41.